The largest absolute Gasteiger partial charge is 0.292 e. The predicted octanol–water partition coefficient (Wildman–Crippen LogP) is 12.0. The Hall–Kier alpha value is -6.25. The Morgan fingerprint density at radius 2 is 0.766 bits per heavy atom. The van der Waals surface area contributed by atoms with Gasteiger partial charge in [0.15, 0.2) is 0 Å². The third-order valence-corrected chi connectivity index (χ3v) is 9.20. The second kappa shape index (κ2) is 11.3. The number of aromatic nitrogens is 2. The minimum absolute atomic E-state index is 0.942. The molecule has 0 spiro atoms. The Kier molecular flexibility index (Phi) is 6.50. The van der Waals surface area contributed by atoms with Crippen molar-refractivity contribution in [2.45, 2.75) is 0 Å². The van der Waals surface area contributed by atoms with E-state index in [-0.39, 0.29) is 0 Å². The summed E-state index contributed by atoms with van der Waals surface area (Å²) in [6.45, 7) is 0. The van der Waals surface area contributed by atoms with Gasteiger partial charge in [-0.05, 0) is 79.2 Å². The van der Waals surface area contributed by atoms with Gasteiger partial charge < -0.3 is 0 Å². The van der Waals surface area contributed by atoms with Gasteiger partial charge in [-0.3, -0.25) is 4.57 Å². The summed E-state index contributed by atoms with van der Waals surface area (Å²) in [5, 5.41) is 5.06. The molecule has 0 N–H and O–H groups in total. The van der Waals surface area contributed by atoms with E-state index in [0.29, 0.717) is 0 Å². The molecule has 0 atom stereocenters. The molecule has 2 nitrogen and oxygen atoms in total. The van der Waals surface area contributed by atoms with Gasteiger partial charge in [0.2, 0.25) is 0 Å². The number of para-hydroxylation sites is 1. The molecule has 0 saturated carbocycles. The van der Waals surface area contributed by atoms with E-state index in [4.69, 9.17) is 4.98 Å². The summed E-state index contributed by atoms with van der Waals surface area (Å²) in [4.78, 5) is 5.18. The quantitative estimate of drug-likeness (QED) is 0.180. The fraction of sp³-hybridized carbons (Fsp3) is 0. The summed E-state index contributed by atoms with van der Waals surface area (Å²) in [6, 6.07) is 65.0. The predicted molar refractivity (Wildman–Crippen MR) is 198 cm³/mol. The molecule has 0 radical (unpaired) electrons. The van der Waals surface area contributed by atoms with Crippen molar-refractivity contribution in [1.82, 2.24) is 9.55 Å². The minimum Gasteiger partial charge on any atom is -0.292 e. The van der Waals surface area contributed by atoms with E-state index in [1.165, 1.54) is 49.4 Å². The van der Waals surface area contributed by atoms with Crippen LogP contribution in [0.5, 0.6) is 0 Å². The highest BCUT2D eigenvalue weighted by Crippen LogP contribution is 2.44. The third-order valence-electron chi connectivity index (χ3n) is 9.20. The van der Waals surface area contributed by atoms with E-state index in [0.717, 1.165) is 33.7 Å². The maximum absolute atomic E-state index is 5.18. The number of rotatable bonds is 5. The lowest BCUT2D eigenvalue weighted by Crippen LogP contribution is -1.97. The molecule has 0 aliphatic rings. The monoisotopic (exact) mass is 598 g/mol. The zero-order valence-corrected chi connectivity index (χ0v) is 25.7. The Balaban J connectivity index is 1.17. The van der Waals surface area contributed by atoms with E-state index < -0.39 is 0 Å². The van der Waals surface area contributed by atoms with Crippen molar-refractivity contribution in [1.29, 1.82) is 0 Å². The molecule has 47 heavy (non-hydrogen) atoms. The molecule has 0 aliphatic heterocycles. The van der Waals surface area contributed by atoms with Crippen LogP contribution in [-0.4, -0.2) is 9.55 Å². The normalized spacial score (nSPS) is 11.4. The average molecular weight is 599 g/mol. The second-order valence-electron chi connectivity index (χ2n) is 12.0. The topological polar surface area (TPSA) is 17.8 Å². The summed E-state index contributed by atoms with van der Waals surface area (Å²) >= 11 is 0. The summed E-state index contributed by atoms with van der Waals surface area (Å²) in [5.41, 5.74) is 11.6. The molecule has 9 aromatic rings. The first-order valence-corrected chi connectivity index (χ1v) is 16.1. The number of hydrogen-bond acceptors (Lipinski definition) is 1. The SMILES string of the molecule is c1ccc(-c2c3ccccc3c(-c3ccc(-c4ccc5c(c4)nc(-c4ccccc4)n5-c4ccccc4)cc3)c3ccccc23)cc1. The van der Waals surface area contributed by atoms with Crippen molar-refractivity contribution in [3.05, 3.63) is 182 Å². The highest BCUT2D eigenvalue weighted by molar-refractivity contribution is 6.21. The number of fused-ring (bicyclic) bond motifs is 3. The van der Waals surface area contributed by atoms with E-state index in [1.807, 2.05) is 6.07 Å². The molecule has 1 aromatic heterocycles. The third kappa shape index (κ3) is 4.62. The van der Waals surface area contributed by atoms with Crippen LogP contribution in [0, 0.1) is 0 Å². The van der Waals surface area contributed by atoms with E-state index in [1.54, 1.807) is 0 Å². The Bertz CT molecular complexity index is 2470. The number of hydrogen-bond donors (Lipinski definition) is 0. The van der Waals surface area contributed by atoms with E-state index in [9.17, 15) is 0 Å². The molecule has 0 aliphatic carbocycles. The van der Waals surface area contributed by atoms with Crippen LogP contribution in [0.2, 0.25) is 0 Å². The summed E-state index contributed by atoms with van der Waals surface area (Å²) in [6.07, 6.45) is 0. The van der Waals surface area contributed by atoms with Crippen LogP contribution in [0.4, 0.5) is 0 Å². The van der Waals surface area contributed by atoms with E-state index >= 15 is 0 Å². The maximum atomic E-state index is 5.18. The number of imidazole rings is 1. The second-order valence-corrected chi connectivity index (χ2v) is 12.0. The highest BCUT2D eigenvalue weighted by Gasteiger charge is 2.17. The van der Waals surface area contributed by atoms with Gasteiger partial charge in [0, 0.05) is 11.3 Å². The van der Waals surface area contributed by atoms with Crippen LogP contribution in [0.25, 0.3) is 83.0 Å². The van der Waals surface area contributed by atoms with Gasteiger partial charge in [0.1, 0.15) is 5.82 Å². The highest BCUT2D eigenvalue weighted by atomic mass is 15.1. The van der Waals surface area contributed by atoms with Gasteiger partial charge in [-0.1, -0.05) is 158 Å². The van der Waals surface area contributed by atoms with Gasteiger partial charge in [0.25, 0.3) is 0 Å². The van der Waals surface area contributed by atoms with Crippen LogP contribution in [0.3, 0.4) is 0 Å². The van der Waals surface area contributed by atoms with Crippen molar-refractivity contribution in [2.75, 3.05) is 0 Å². The van der Waals surface area contributed by atoms with Crippen LogP contribution >= 0.6 is 0 Å². The van der Waals surface area contributed by atoms with Gasteiger partial charge >= 0.3 is 0 Å². The average Bonchev–Trinajstić information content (AvgIpc) is 3.54. The minimum atomic E-state index is 0.942. The fourth-order valence-electron chi connectivity index (χ4n) is 7.06. The van der Waals surface area contributed by atoms with Gasteiger partial charge in [-0.2, -0.15) is 0 Å². The van der Waals surface area contributed by atoms with Crippen molar-refractivity contribution >= 4 is 32.6 Å². The van der Waals surface area contributed by atoms with Crippen LogP contribution < -0.4 is 0 Å². The van der Waals surface area contributed by atoms with Crippen molar-refractivity contribution < 1.29 is 0 Å². The van der Waals surface area contributed by atoms with E-state index in [2.05, 4.69) is 180 Å². The van der Waals surface area contributed by atoms with Crippen molar-refractivity contribution in [3.63, 3.8) is 0 Å². The summed E-state index contributed by atoms with van der Waals surface area (Å²) < 4.78 is 2.26. The molecule has 220 valence electrons. The Morgan fingerprint density at radius 1 is 0.340 bits per heavy atom. The first kappa shape index (κ1) is 27.1. The van der Waals surface area contributed by atoms with Crippen LogP contribution in [0.15, 0.2) is 182 Å². The van der Waals surface area contributed by atoms with Crippen LogP contribution in [0.1, 0.15) is 0 Å². The molecular weight excluding hydrogens is 569 g/mol. The molecule has 8 aromatic carbocycles. The molecule has 9 rings (SSSR count). The standard InChI is InChI=1S/C45H30N2/c1-4-14-32(15-5-1)43-37-20-10-12-22-39(37)44(40-23-13-11-21-38(40)43)33-26-24-31(25-27-33)35-28-29-42-41(30-35)46-45(34-16-6-2-7-17-34)47(42)36-18-8-3-9-19-36/h1-30H. The molecule has 0 unspecified atom stereocenters. The lowest BCUT2D eigenvalue weighted by atomic mass is 9.86. The molecule has 0 bridgehead atoms. The van der Waals surface area contributed by atoms with Crippen molar-refractivity contribution in [3.8, 4) is 50.5 Å². The van der Waals surface area contributed by atoms with Crippen molar-refractivity contribution in [2.24, 2.45) is 0 Å². The lowest BCUT2D eigenvalue weighted by molar-refractivity contribution is 1.10. The zero-order valence-electron chi connectivity index (χ0n) is 25.7. The molecule has 1 heterocycles. The molecular formula is C45H30N2. The fourth-order valence-corrected chi connectivity index (χ4v) is 7.06. The first-order valence-electron chi connectivity index (χ1n) is 16.1. The van der Waals surface area contributed by atoms with Gasteiger partial charge in [-0.25, -0.2) is 4.98 Å². The van der Waals surface area contributed by atoms with Gasteiger partial charge in [0.05, 0.1) is 11.0 Å². The summed E-state index contributed by atoms with van der Waals surface area (Å²) in [7, 11) is 0. The molecule has 0 fully saturated rings. The van der Waals surface area contributed by atoms with Gasteiger partial charge in [-0.15, -0.1) is 0 Å². The van der Waals surface area contributed by atoms with Crippen LogP contribution in [-0.2, 0) is 0 Å². The lowest BCUT2D eigenvalue weighted by Gasteiger charge is -2.18. The number of nitrogens with zero attached hydrogens (tertiary/aromatic N) is 2. The number of benzene rings is 8. The smallest absolute Gasteiger partial charge is 0.145 e. The Morgan fingerprint density at radius 3 is 1.32 bits per heavy atom. The molecule has 2 heteroatoms. The first-order chi connectivity index (χ1) is 23.3. The molecule has 0 saturated heterocycles. The maximum Gasteiger partial charge on any atom is 0.145 e. The zero-order chi connectivity index (χ0) is 31.2. The Labute approximate surface area is 273 Å². The summed E-state index contributed by atoms with van der Waals surface area (Å²) in [5.74, 6) is 0.942. The molecule has 0 amide bonds.